The fourth-order valence-corrected chi connectivity index (χ4v) is 2.66. The van der Waals surface area contributed by atoms with E-state index in [1.165, 1.54) is 26.1 Å². The Labute approximate surface area is 168 Å². The van der Waals surface area contributed by atoms with Gasteiger partial charge in [0.2, 0.25) is 0 Å². The van der Waals surface area contributed by atoms with Crippen molar-refractivity contribution in [3.63, 3.8) is 0 Å². The van der Waals surface area contributed by atoms with E-state index in [1.54, 1.807) is 12.4 Å². The summed E-state index contributed by atoms with van der Waals surface area (Å²) in [6, 6.07) is 13.0. The molecule has 1 aromatic carbocycles. The van der Waals surface area contributed by atoms with Gasteiger partial charge in [0.1, 0.15) is 5.75 Å². The summed E-state index contributed by atoms with van der Waals surface area (Å²) in [7, 11) is 0. The summed E-state index contributed by atoms with van der Waals surface area (Å²) < 4.78 is 0. The van der Waals surface area contributed by atoms with Crippen molar-refractivity contribution in [2.45, 2.75) is 13.8 Å². The second-order valence-corrected chi connectivity index (χ2v) is 7.29. The molecular formula is C22H21N3O4. The summed E-state index contributed by atoms with van der Waals surface area (Å²) in [5, 5.41) is 21.9. The Kier molecular flexibility index (Phi) is 5.59. The van der Waals surface area contributed by atoms with Gasteiger partial charge >= 0.3 is 5.97 Å². The first-order chi connectivity index (χ1) is 13.8. The van der Waals surface area contributed by atoms with E-state index in [1.807, 2.05) is 36.4 Å². The molecule has 0 aliphatic carbocycles. The van der Waals surface area contributed by atoms with E-state index in [4.69, 9.17) is 5.11 Å². The normalized spacial score (nSPS) is 11.1. The predicted octanol–water partition coefficient (Wildman–Crippen LogP) is 3.36. The number of aromatic nitrogens is 2. The fraction of sp³-hybridized carbons (Fsp3) is 0.182. The highest BCUT2D eigenvalue weighted by Gasteiger charge is 2.28. The molecule has 0 radical (unpaired) electrons. The quantitative estimate of drug-likeness (QED) is 0.594. The van der Waals surface area contributed by atoms with Gasteiger partial charge in [0.15, 0.2) is 5.69 Å². The van der Waals surface area contributed by atoms with Crippen molar-refractivity contribution < 1.29 is 19.8 Å². The molecule has 0 atom stereocenters. The Balaban J connectivity index is 1.81. The van der Waals surface area contributed by atoms with Crippen LogP contribution in [0.1, 0.15) is 24.3 Å². The van der Waals surface area contributed by atoms with Crippen molar-refractivity contribution in [2.75, 3.05) is 6.54 Å². The number of nitrogens with one attached hydrogen (secondary N) is 1. The van der Waals surface area contributed by atoms with Crippen LogP contribution in [0, 0.1) is 5.41 Å². The number of hydrogen-bond donors (Lipinski definition) is 3. The number of pyridine rings is 2. The Morgan fingerprint density at radius 3 is 2.31 bits per heavy atom. The van der Waals surface area contributed by atoms with Crippen LogP contribution in [0.25, 0.3) is 22.3 Å². The van der Waals surface area contributed by atoms with E-state index in [0.29, 0.717) is 5.56 Å². The number of carbonyl (C=O) groups is 2. The number of rotatable bonds is 6. The van der Waals surface area contributed by atoms with E-state index in [9.17, 15) is 14.7 Å². The van der Waals surface area contributed by atoms with Crippen molar-refractivity contribution >= 4 is 11.9 Å². The molecule has 3 N–H and O–H groups in total. The van der Waals surface area contributed by atoms with Gasteiger partial charge in [0, 0.05) is 36.3 Å². The maximum absolute atomic E-state index is 12.3. The Morgan fingerprint density at radius 2 is 1.69 bits per heavy atom. The standard InChI is InChI=1S/C22H21N3O4/c1-22(2,21(28)29)13-25-20(27)19-18(26)10-17(12-24-19)15-6-3-5-14(9-15)16-7-4-8-23-11-16/h3-12,26H,13H2,1-2H3,(H,25,27)(H,28,29). The molecular weight excluding hydrogens is 370 g/mol. The lowest BCUT2D eigenvalue weighted by molar-refractivity contribution is -0.146. The van der Waals surface area contributed by atoms with Crippen LogP contribution in [0.15, 0.2) is 61.1 Å². The van der Waals surface area contributed by atoms with E-state index >= 15 is 0 Å². The number of aromatic hydroxyl groups is 1. The average Bonchev–Trinajstić information content (AvgIpc) is 2.72. The summed E-state index contributed by atoms with van der Waals surface area (Å²) in [6.07, 6.45) is 4.97. The van der Waals surface area contributed by atoms with Crippen molar-refractivity contribution in [3.05, 3.63) is 66.7 Å². The number of carboxylic acid groups (broad SMARTS) is 1. The van der Waals surface area contributed by atoms with Crippen molar-refractivity contribution in [3.8, 4) is 28.0 Å². The predicted molar refractivity (Wildman–Crippen MR) is 108 cm³/mol. The van der Waals surface area contributed by atoms with Crippen LogP contribution in [-0.2, 0) is 4.79 Å². The monoisotopic (exact) mass is 391 g/mol. The largest absolute Gasteiger partial charge is 0.505 e. The topological polar surface area (TPSA) is 112 Å². The zero-order valence-electron chi connectivity index (χ0n) is 16.1. The Bertz CT molecular complexity index is 1050. The van der Waals surface area contributed by atoms with Gasteiger partial charge in [-0.3, -0.25) is 14.6 Å². The number of aliphatic carboxylic acids is 1. The molecule has 7 nitrogen and oxygen atoms in total. The molecule has 148 valence electrons. The van der Waals surface area contributed by atoms with Gasteiger partial charge in [0.05, 0.1) is 5.41 Å². The number of hydrogen-bond acceptors (Lipinski definition) is 5. The van der Waals surface area contributed by atoms with Crippen molar-refractivity contribution in [1.29, 1.82) is 0 Å². The maximum atomic E-state index is 12.3. The van der Waals surface area contributed by atoms with Gasteiger partial charge < -0.3 is 15.5 Å². The highest BCUT2D eigenvalue weighted by Crippen LogP contribution is 2.28. The lowest BCUT2D eigenvalue weighted by Gasteiger charge is -2.19. The first-order valence-electron chi connectivity index (χ1n) is 8.99. The third-order valence-electron chi connectivity index (χ3n) is 4.54. The third-order valence-corrected chi connectivity index (χ3v) is 4.54. The molecule has 0 bridgehead atoms. The smallest absolute Gasteiger partial charge is 0.310 e. The fourth-order valence-electron chi connectivity index (χ4n) is 2.66. The van der Waals surface area contributed by atoms with Crippen LogP contribution in [0.4, 0.5) is 0 Å². The molecule has 0 unspecified atom stereocenters. The SMILES string of the molecule is CC(C)(CNC(=O)c1ncc(-c2cccc(-c3cccnc3)c2)cc1O)C(=O)O. The van der Waals surface area contributed by atoms with Gasteiger partial charge in [-0.1, -0.05) is 24.3 Å². The van der Waals surface area contributed by atoms with Gasteiger partial charge in [-0.05, 0) is 43.2 Å². The zero-order chi connectivity index (χ0) is 21.0. The van der Waals surface area contributed by atoms with E-state index in [2.05, 4.69) is 15.3 Å². The molecule has 3 aromatic rings. The molecule has 3 rings (SSSR count). The Hall–Kier alpha value is -3.74. The van der Waals surface area contributed by atoms with Crippen LogP contribution < -0.4 is 5.32 Å². The van der Waals surface area contributed by atoms with Crippen LogP contribution in [-0.4, -0.2) is 38.6 Å². The van der Waals surface area contributed by atoms with Crippen LogP contribution in [0.3, 0.4) is 0 Å². The minimum Gasteiger partial charge on any atom is -0.505 e. The minimum absolute atomic E-state index is 0.0861. The number of benzene rings is 1. The van der Waals surface area contributed by atoms with E-state index in [0.717, 1.165) is 16.7 Å². The van der Waals surface area contributed by atoms with Gasteiger partial charge in [-0.15, -0.1) is 0 Å². The van der Waals surface area contributed by atoms with Crippen LogP contribution >= 0.6 is 0 Å². The maximum Gasteiger partial charge on any atom is 0.310 e. The molecule has 0 aliphatic rings. The van der Waals surface area contributed by atoms with Gasteiger partial charge in [0.25, 0.3) is 5.91 Å². The second kappa shape index (κ2) is 8.10. The van der Waals surface area contributed by atoms with Gasteiger partial charge in [-0.25, -0.2) is 4.98 Å². The zero-order valence-corrected chi connectivity index (χ0v) is 16.1. The average molecular weight is 391 g/mol. The number of carboxylic acids is 1. The summed E-state index contributed by atoms with van der Waals surface area (Å²) in [6.45, 7) is 2.92. The molecule has 1 amide bonds. The number of carbonyl (C=O) groups excluding carboxylic acids is 1. The summed E-state index contributed by atoms with van der Waals surface area (Å²) in [5.41, 5.74) is 2.12. The third kappa shape index (κ3) is 4.57. The molecule has 0 saturated carbocycles. The van der Waals surface area contributed by atoms with E-state index < -0.39 is 17.3 Å². The number of nitrogens with zero attached hydrogens (tertiary/aromatic N) is 2. The van der Waals surface area contributed by atoms with Crippen molar-refractivity contribution in [1.82, 2.24) is 15.3 Å². The summed E-state index contributed by atoms with van der Waals surface area (Å²) >= 11 is 0. The van der Waals surface area contributed by atoms with Gasteiger partial charge in [-0.2, -0.15) is 0 Å². The molecule has 2 heterocycles. The molecule has 0 fully saturated rings. The molecule has 0 spiro atoms. The lowest BCUT2D eigenvalue weighted by Crippen LogP contribution is -2.39. The minimum atomic E-state index is -1.13. The molecule has 2 aromatic heterocycles. The van der Waals surface area contributed by atoms with Crippen LogP contribution in [0.5, 0.6) is 5.75 Å². The summed E-state index contributed by atoms with van der Waals surface area (Å²) in [5.74, 6) is -1.94. The highest BCUT2D eigenvalue weighted by atomic mass is 16.4. The first kappa shape index (κ1) is 20.0. The molecule has 29 heavy (non-hydrogen) atoms. The Morgan fingerprint density at radius 1 is 1.00 bits per heavy atom. The number of amides is 1. The highest BCUT2D eigenvalue weighted by molar-refractivity contribution is 5.95. The first-order valence-corrected chi connectivity index (χ1v) is 8.99. The molecule has 7 heteroatoms. The lowest BCUT2D eigenvalue weighted by atomic mass is 9.94. The van der Waals surface area contributed by atoms with Crippen LogP contribution in [0.2, 0.25) is 0 Å². The molecule has 0 aliphatic heterocycles. The summed E-state index contributed by atoms with van der Waals surface area (Å²) in [4.78, 5) is 31.6. The van der Waals surface area contributed by atoms with Crippen molar-refractivity contribution in [2.24, 2.45) is 5.41 Å². The second-order valence-electron chi connectivity index (χ2n) is 7.29. The van der Waals surface area contributed by atoms with E-state index in [-0.39, 0.29) is 18.0 Å². The molecule has 0 saturated heterocycles.